The van der Waals surface area contributed by atoms with Gasteiger partial charge in [-0.05, 0) is 42.3 Å². The standard InChI is InChI=1S/C21H18F3N3O/c22-21(23,24)18-8-6-15(7-9-18)13-26-20(28)17-4-2-10-27(14-17)19-5-1-3-16(11-19)12-25/h1,3-9,11H,2,10,13-14H2,(H,26,28). The molecule has 7 heteroatoms. The summed E-state index contributed by atoms with van der Waals surface area (Å²) in [5.41, 5.74) is 1.91. The van der Waals surface area contributed by atoms with Crippen molar-refractivity contribution in [1.29, 1.82) is 5.26 Å². The first kappa shape index (κ1) is 19.5. The summed E-state index contributed by atoms with van der Waals surface area (Å²) >= 11 is 0. The second-order valence-electron chi connectivity index (χ2n) is 6.48. The molecule has 4 nitrogen and oxygen atoms in total. The van der Waals surface area contributed by atoms with Gasteiger partial charge in [-0.25, -0.2) is 0 Å². The monoisotopic (exact) mass is 385 g/mol. The summed E-state index contributed by atoms with van der Waals surface area (Å²) in [7, 11) is 0. The minimum absolute atomic E-state index is 0.151. The van der Waals surface area contributed by atoms with Gasteiger partial charge in [-0.2, -0.15) is 18.4 Å². The fourth-order valence-corrected chi connectivity index (χ4v) is 3.01. The molecule has 0 aromatic heterocycles. The molecule has 28 heavy (non-hydrogen) atoms. The van der Waals surface area contributed by atoms with Gasteiger partial charge in [0.25, 0.3) is 0 Å². The van der Waals surface area contributed by atoms with Gasteiger partial charge < -0.3 is 10.2 Å². The lowest BCUT2D eigenvalue weighted by atomic mass is 10.1. The Kier molecular flexibility index (Phi) is 5.69. The van der Waals surface area contributed by atoms with E-state index in [4.69, 9.17) is 5.26 Å². The molecule has 0 bridgehead atoms. The quantitative estimate of drug-likeness (QED) is 0.865. The summed E-state index contributed by atoms with van der Waals surface area (Å²) in [5, 5.41) is 11.8. The Morgan fingerprint density at radius 2 is 1.93 bits per heavy atom. The van der Waals surface area contributed by atoms with Crippen molar-refractivity contribution in [3.05, 3.63) is 76.9 Å². The van der Waals surface area contributed by atoms with Crippen LogP contribution in [0.1, 0.15) is 23.1 Å². The lowest BCUT2D eigenvalue weighted by molar-refractivity contribution is -0.137. The van der Waals surface area contributed by atoms with Gasteiger partial charge in [-0.15, -0.1) is 0 Å². The number of nitrogens with zero attached hydrogens (tertiary/aromatic N) is 2. The number of carbonyl (C=O) groups is 1. The number of anilines is 1. The molecule has 0 aliphatic carbocycles. The van der Waals surface area contributed by atoms with E-state index in [1.54, 1.807) is 18.2 Å². The van der Waals surface area contributed by atoms with E-state index in [2.05, 4.69) is 11.4 Å². The Morgan fingerprint density at radius 3 is 2.61 bits per heavy atom. The summed E-state index contributed by atoms with van der Waals surface area (Å²) < 4.78 is 37.8. The normalized spacial score (nSPS) is 14.2. The number of rotatable bonds is 4. The Morgan fingerprint density at radius 1 is 1.18 bits per heavy atom. The van der Waals surface area contributed by atoms with Gasteiger partial charge in [0, 0.05) is 30.9 Å². The van der Waals surface area contributed by atoms with Crippen LogP contribution in [-0.2, 0) is 17.5 Å². The van der Waals surface area contributed by atoms with Crippen LogP contribution in [0, 0.1) is 11.3 Å². The van der Waals surface area contributed by atoms with E-state index in [9.17, 15) is 18.0 Å². The van der Waals surface area contributed by atoms with Crippen molar-refractivity contribution in [3.63, 3.8) is 0 Å². The molecule has 2 aromatic rings. The molecule has 0 unspecified atom stereocenters. The van der Waals surface area contributed by atoms with Crippen molar-refractivity contribution >= 4 is 11.6 Å². The highest BCUT2D eigenvalue weighted by molar-refractivity contribution is 5.94. The lowest BCUT2D eigenvalue weighted by Crippen LogP contribution is -2.36. The molecule has 1 aliphatic heterocycles. The van der Waals surface area contributed by atoms with Crippen LogP contribution in [0.25, 0.3) is 0 Å². The zero-order valence-electron chi connectivity index (χ0n) is 15.0. The predicted molar refractivity (Wildman–Crippen MR) is 99.4 cm³/mol. The molecule has 0 fully saturated rings. The molecule has 1 aliphatic rings. The number of hydrogen-bond acceptors (Lipinski definition) is 3. The Labute approximate surface area is 160 Å². The van der Waals surface area contributed by atoms with Gasteiger partial charge in [0.2, 0.25) is 5.91 Å². The third kappa shape index (κ3) is 4.71. The molecule has 0 saturated carbocycles. The van der Waals surface area contributed by atoms with Crippen LogP contribution in [0.5, 0.6) is 0 Å². The maximum absolute atomic E-state index is 12.6. The molecular weight excluding hydrogens is 367 g/mol. The van der Waals surface area contributed by atoms with E-state index < -0.39 is 11.7 Å². The van der Waals surface area contributed by atoms with Crippen molar-refractivity contribution in [1.82, 2.24) is 5.32 Å². The fraction of sp³-hybridized carbons (Fsp3) is 0.238. The number of hydrogen-bond donors (Lipinski definition) is 1. The first-order valence-electron chi connectivity index (χ1n) is 8.75. The molecule has 0 saturated heterocycles. The van der Waals surface area contributed by atoms with Crippen LogP contribution in [0.15, 0.2) is 60.2 Å². The third-order valence-electron chi connectivity index (χ3n) is 4.52. The summed E-state index contributed by atoms with van der Waals surface area (Å²) in [6.45, 7) is 1.30. The summed E-state index contributed by atoms with van der Waals surface area (Å²) in [5.74, 6) is -0.249. The molecule has 144 valence electrons. The maximum Gasteiger partial charge on any atom is 0.416 e. The van der Waals surface area contributed by atoms with E-state index in [1.165, 1.54) is 12.1 Å². The van der Waals surface area contributed by atoms with E-state index in [-0.39, 0.29) is 12.5 Å². The van der Waals surface area contributed by atoms with Crippen LogP contribution in [0.2, 0.25) is 0 Å². The van der Waals surface area contributed by atoms with E-state index in [1.807, 2.05) is 17.0 Å². The Balaban J connectivity index is 1.60. The second-order valence-corrected chi connectivity index (χ2v) is 6.48. The van der Waals surface area contributed by atoms with Crippen LogP contribution in [0.4, 0.5) is 18.9 Å². The highest BCUT2D eigenvalue weighted by atomic mass is 19.4. The van der Waals surface area contributed by atoms with Crippen LogP contribution in [0.3, 0.4) is 0 Å². The van der Waals surface area contributed by atoms with Crippen LogP contribution in [-0.4, -0.2) is 19.0 Å². The van der Waals surface area contributed by atoms with Crippen molar-refractivity contribution < 1.29 is 18.0 Å². The summed E-state index contributed by atoms with van der Waals surface area (Å²) in [4.78, 5) is 14.5. The number of amides is 1. The SMILES string of the molecule is N#Cc1cccc(N2CCC=C(C(=O)NCc3ccc(C(F)(F)F)cc3)C2)c1. The molecule has 0 spiro atoms. The lowest BCUT2D eigenvalue weighted by Gasteiger charge is -2.29. The highest BCUT2D eigenvalue weighted by Gasteiger charge is 2.29. The maximum atomic E-state index is 12.6. The van der Waals surface area contributed by atoms with Crippen molar-refractivity contribution in [2.45, 2.75) is 19.1 Å². The fourth-order valence-electron chi connectivity index (χ4n) is 3.01. The summed E-state index contributed by atoms with van der Waals surface area (Å²) in [6.07, 6.45) is -1.81. The minimum atomic E-state index is -4.37. The number of nitriles is 1. The van der Waals surface area contributed by atoms with Crippen molar-refractivity contribution in [2.75, 3.05) is 18.0 Å². The Hall–Kier alpha value is -3.27. The Bertz CT molecular complexity index is 927. The number of nitrogens with one attached hydrogen (secondary N) is 1. The average Bonchev–Trinajstić information content (AvgIpc) is 2.72. The van der Waals surface area contributed by atoms with E-state index in [0.29, 0.717) is 29.7 Å². The van der Waals surface area contributed by atoms with Gasteiger partial charge in [0.1, 0.15) is 0 Å². The molecule has 0 radical (unpaired) electrons. The zero-order valence-corrected chi connectivity index (χ0v) is 15.0. The first-order chi connectivity index (χ1) is 13.4. The van der Waals surface area contributed by atoms with Gasteiger partial charge in [0.05, 0.1) is 17.2 Å². The molecule has 3 rings (SSSR count). The predicted octanol–water partition coefficient (Wildman–Crippen LogP) is 4.03. The number of carbonyl (C=O) groups excluding carboxylic acids is 1. The highest BCUT2D eigenvalue weighted by Crippen LogP contribution is 2.29. The van der Waals surface area contributed by atoms with Crippen LogP contribution >= 0.6 is 0 Å². The topological polar surface area (TPSA) is 56.1 Å². The molecule has 1 N–H and O–H groups in total. The molecular formula is C21H18F3N3O. The number of alkyl halides is 3. The van der Waals surface area contributed by atoms with E-state index in [0.717, 1.165) is 24.4 Å². The third-order valence-corrected chi connectivity index (χ3v) is 4.52. The molecule has 2 aromatic carbocycles. The van der Waals surface area contributed by atoms with Crippen molar-refractivity contribution in [2.24, 2.45) is 0 Å². The van der Waals surface area contributed by atoms with Crippen LogP contribution < -0.4 is 10.2 Å². The second kappa shape index (κ2) is 8.17. The average molecular weight is 385 g/mol. The zero-order chi connectivity index (χ0) is 20.1. The molecule has 1 heterocycles. The van der Waals surface area contributed by atoms with Crippen molar-refractivity contribution in [3.8, 4) is 6.07 Å². The number of halogens is 3. The minimum Gasteiger partial charge on any atom is -0.367 e. The molecule has 1 amide bonds. The number of benzene rings is 2. The van der Waals surface area contributed by atoms with Gasteiger partial charge in [0.15, 0.2) is 0 Å². The van der Waals surface area contributed by atoms with Gasteiger partial charge >= 0.3 is 6.18 Å². The first-order valence-corrected chi connectivity index (χ1v) is 8.75. The van der Waals surface area contributed by atoms with E-state index >= 15 is 0 Å². The summed E-state index contributed by atoms with van der Waals surface area (Å²) in [6, 6.07) is 14.0. The van der Waals surface area contributed by atoms with Gasteiger partial charge in [-0.1, -0.05) is 24.3 Å². The molecule has 0 atom stereocenters. The van der Waals surface area contributed by atoms with Gasteiger partial charge in [-0.3, -0.25) is 4.79 Å². The largest absolute Gasteiger partial charge is 0.416 e. The smallest absolute Gasteiger partial charge is 0.367 e.